The van der Waals surface area contributed by atoms with Gasteiger partial charge in [-0.05, 0) is 54.5 Å². The summed E-state index contributed by atoms with van der Waals surface area (Å²) in [6, 6.07) is 19.1. The number of hydrogen-bond donors (Lipinski definition) is 1. The van der Waals surface area contributed by atoms with E-state index in [1.54, 1.807) is 43.3 Å². The van der Waals surface area contributed by atoms with Gasteiger partial charge in [0.1, 0.15) is 5.57 Å². The Balaban J connectivity index is 1.55. The molecule has 0 spiro atoms. The van der Waals surface area contributed by atoms with E-state index in [1.807, 2.05) is 35.0 Å². The molecule has 3 aromatic carbocycles. The van der Waals surface area contributed by atoms with Crippen LogP contribution in [0.5, 0.6) is 0 Å². The quantitative estimate of drug-likeness (QED) is 0.123. The standard InChI is InChI=1S/C27H19ClN4O4S/c1-16-22(28)6-4-8-23(16)31-26(34)21(25(33)29-27(31)37)13-18-15-30(24-7-3-2-5-20(18)24)14-17-9-11-19(12-10-17)32(35)36/h2-13,15H,14H2,1H3,(H,29,33,37)/b21-13+. The Morgan fingerprint density at radius 2 is 1.78 bits per heavy atom. The van der Waals surface area contributed by atoms with Crippen LogP contribution in [0.25, 0.3) is 17.0 Å². The van der Waals surface area contributed by atoms with Crippen LogP contribution in [-0.4, -0.2) is 26.4 Å². The number of carbonyl (C=O) groups excluding carboxylic acids is 2. The minimum Gasteiger partial charge on any atom is -0.342 e. The SMILES string of the molecule is Cc1c(Cl)cccc1N1C(=O)/C(=C/c2cn(Cc3ccc([N+](=O)[O-])cc3)c3ccccc23)C(=O)NC1=S. The number of thiocarbonyl (C=S) groups is 1. The number of nitrogens with zero attached hydrogens (tertiary/aromatic N) is 3. The van der Waals surface area contributed by atoms with Crippen LogP contribution in [0.4, 0.5) is 11.4 Å². The Labute approximate surface area is 221 Å². The van der Waals surface area contributed by atoms with Gasteiger partial charge in [0.25, 0.3) is 17.5 Å². The molecular weight excluding hydrogens is 512 g/mol. The summed E-state index contributed by atoms with van der Waals surface area (Å²) in [6.07, 6.45) is 3.41. The number of carbonyl (C=O) groups is 2. The van der Waals surface area contributed by atoms with Gasteiger partial charge in [0.05, 0.1) is 10.6 Å². The molecule has 10 heteroatoms. The minimum absolute atomic E-state index is 0.0156. The van der Waals surface area contributed by atoms with Crippen molar-refractivity contribution in [2.45, 2.75) is 13.5 Å². The Morgan fingerprint density at radius 3 is 2.51 bits per heavy atom. The third-order valence-corrected chi connectivity index (χ3v) is 6.90. The Hall–Kier alpha value is -4.34. The van der Waals surface area contributed by atoms with Crippen molar-refractivity contribution < 1.29 is 14.5 Å². The van der Waals surface area contributed by atoms with Crippen molar-refractivity contribution in [2.24, 2.45) is 0 Å². The van der Waals surface area contributed by atoms with E-state index in [0.717, 1.165) is 16.5 Å². The van der Waals surface area contributed by atoms with Crippen molar-refractivity contribution in [1.82, 2.24) is 9.88 Å². The molecule has 0 atom stereocenters. The van der Waals surface area contributed by atoms with E-state index in [1.165, 1.54) is 17.0 Å². The summed E-state index contributed by atoms with van der Waals surface area (Å²) >= 11 is 11.6. The van der Waals surface area contributed by atoms with Crippen LogP contribution < -0.4 is 10.2 Å². The zero-order valence-corrected chi connectivity index (χ0v) is 21.0. The first-order valence-corrected chi connectivity index (χ1v) is 12.0. The van der Waals surface area contributed by atoms with E-state index in [4.69, 9.17) is 23.8 Å². The molecule has 1 N–H and O–H groups in total. The van der Waals surface area contributed by atoms with Crippen molar-refractivity contribution in [3.63, 3.8) is 0 Å². The number of non-ortho nitro benzene ring substituents is 1. The lowest BCUT2D eigenvalue weighted by Crippen LogP contribution is -2.54. The lowest BCUT2D eigenvalue weighted by molar-refractivity contribution is -0.384. The number of nitro groups is 1. The van der Waals surface area contributed by atoms with Crippen LogP contribution in [0.3, 0.4) is 0 Å². The fraction of sp³-hybridized carbons (Fsp3) is 0.0741. The number of para-hydroxylation sites is 1. The number of nitro benzene ring substituents is 1. The third kappa shape index (κ3) is 4.50. The summed E-state index contributed by atoms with van der Waals surface area (Å²) in [6.45, 7) is 2.22. The van der Waals surface area contributed by atoms with E-state index in [2.05, 4.69) is 5.32 Å². The third-order valence-electron chi connectivity index (χ3n) is 6.20. The van der Waals surface area contributed by atoms with Crippen LogP contribution in [0.1, 0.15) is 16.7 Å². The maximum absolute atomic E-state index is 13.5. The van der Waals surface area contributed by atoms with Gasteiger partial charge < -0.3 is 4.57 Å². The number of rotatable bonds is 5. The van der Waals surface area contributed by atoms with Crippen molar-refractivity contribution in [3.05, 3.63) is 110 Å². The van der Waals surface area contributed by atoms with Gasteiger partial charge in [-0.3, -0.25) is 29.9 Å². The first-order valence-electron chi connectivity index (χ1n) is 11.2. The van der Waals surface area contributed by atoms with Gasteiger partial charge in [0.15, 0.2) is 5.11 Å². The molecule has 2 heterocycles. The molecule has 0 unspecified atom stereocenters. The molecule has 4 aromatic rings. The van der Waals surface area contributed by atoms with Crippen molar-refractivity contribution in [3.8, 4) is 0 Å². The maximum Gasteiger partial charge on any atom is 0.270 e. The number of benzene rings is 3. The van der Waals surface area contributed by atoms with E-state index in [0.29, 0.717) is 28.4 Å². The largest absolute Gasteiger partial charge is 0.342 e. The zero-order chi connectivity index (χ0) is 26.3. The average molecular weight is 531 g/mol. The number of aromatic nitrogens is 1. The van der Waals surface area contributed by atoms with Crippen LogP contribution in [-0.2, 0) is 16.1 Å². The van der Waals surface area contributed by atoms with Crippen molar-refractivity contribution in [1.29, 1.82) is 0 Å². The summed E-state index contributed by atoms with van der Waals surface area (Å²) in [5.74, 6) is -1.13. The highest BCUT2D eigenvalue weighted by atomic mass is 35.5. The normalized spacial score (nSPS) is 14.9. The summed E-state index contributed by atoms with van der Waals surface area (Å²) in [4.78, 5) is 38.2. The van der Waals surface area contributed by atoms with Crippen LogP contribution in [0.15, 0.2) is 78.5 Å². The number of amides is 2. The molecule has 184 valence electrons. The molecular formula is C27H19ClN4O4S. The monoisotopic (exact) mass is 530 g/mol. The molecule has 1 aliphatic rings. The molecule has 1 fully saturated rings. The molecule has 0 bridgehead atoms. The van der Waals surface area contributed by atoms with Crippen molar-refractivity contribution >= 4 is 69.1 Å². The number of nitrogens with one attached hydrogen (secondary N) is 1. The number of halogens is 1. The topological polar surface area (TPSA) is 97.5 Å². The number of hydrogen-bond acceptors (Lipinski definition) is 5. The zero-order valence-electron chi connectivity index (χ0n) is 19.5. The van der Waals surface area contributed by atoms with Gasteiger partial charge in [0, 0.05) is 46.4 Å². The average Bonchev–Trinajstić information content (AvgIpc) is 3.21. The summed E-state index contributed by atoms with van der Waals surface area (Å²) in [5, 5.41) is 14.9. The molecule has 2 amide bonds. The number of anilines is 1. The summed E-state index contributed by atoms with van der Waals surface area (Å²) in [7, 11) is 0. The lowest BCUT2D eigenvalue weighted by Gasteiger charge is -2.30. The highest BCUT2D eigenvalue weighted by Gasteiger charge is 2.35. The smallest absolute Gasteiger partial charge is 0.270 e. The van der Waals surface area contributed by atoms with Gasteiger partial charge >= 0.3 is 0 Å². The molecule has 0 aliphatic carbocycles. The van der Waals surface area contributed by atoms with E-state index >= 15 is 0 Å². The summed E-state index contributed by atoms with van der Waals surface area (Å²) in [5.41, 5.74) is 3.53. The first-order chi connectivity index (χ1) is 17.7. The second kappa shape index (κ2) is 9.61. The predicted molar refractivity (Wildman–Crippen MR) is 147 cm³/mol. The van der Waals surface area contributed by atoms with Gasteiger partial charge in [0.2, 0.25) is 0 Å². The second-order valence-corrected chi connectivity index (χ2v) is 9.29. The molecule has 1 aliphatic heterocycles. The Morgan fingerprint density at radius 1 is 1.05 bits per heavy atom. The van der Waals surface area contributed by atoms with E-state index in [-0.39, 0.29) is 16.4 Å². The highest BCUT2D eigenvalue weighted by molar-refractivity contribution is 7.80. The summed E-state index contributed by atoms with van der Waals surface area (Å²) < 4.78 is 1.97. The molecule has 5 rings (SSSR count). The predicted octanol–water partition coefficient (Wildman–Crippen LogP) is 5.39. The second-order valence-electron chi connectivity index (χ2n) is 8.49. The Kier molecular flexibility index (Phi) is 6.32. The van der Waals surface area contributed by atoms with Crippen LogP contribution >= 0.6 is 23.8 Å². The van der Waals surface area contributed by atoms with Gasteiger partial charge in [-0.1, -0.05) is 48.0 Å². The fourth-order valence-electron chi connectivity index (χ4n) is 4.31. The molecule has 0 radical (unpaired) electrons. The van der Waals surface area contributed by atoms with E-state index < -0.39 is 16.7 Å². The van der Waals surface area contributed by atoms with Gasteiger partial charge in [-0.25, -0.2) is 0 Å². The molecule has 37 heavy (non-hydrogen) atoms. The van der Waals surface area contributed by atoms with Crippen LogP contribution in [0, 0.1) is 17.0 Å². The molecule has 0 saturated carbocycles. The van der Waals surface area contributed by atoms with Gasteiger partial charge in [-0.2, -0.15) is 0 Å². The fourth-order valence-corrected chi connectivity index (χ4v) is 4.75. The highest BCUT2D eigenvalue weighted by Crippen LogP contribution is 2.31. The van der Waals surface area contributed by atoms with Gasteiger partial charge in [-0.15, -0.1) is 0 Å². The molecule has 8 nitrogen and oxygen atoms in total. The van der Waals surface area contributed by atoms with E-state index in [9.17, 15) is 19.7 Å². The van der Waals surface area contributed by atoms with Crippen LogP contribution in [0.2, 0.25) is 5.02 Å². The lowest BCUT2D eigenvalue weighted by atomic mass is 10.1. The Bertz CT molecular complexity index is 1640. The molecule has 1 aromatic heterocycles. The first kappa shape index (κ1) is 24.4. The minimum atomic E-state index is -0.585. The molecule has 1 saturated heterocycles. The number of fused-ring (bicyclic) bond motifs is 1. The maximum atomic E-state index is 13.5. The van der Waals surface area contributed by atoms with Crippen molar-refractivity contribution in [2.75, 3.05) is 4.90 Å².